The minimum absolute atomic E-state index is 0.0576. The van der Waals surface area contributed by atoms with Gasteiger partial charge in [-0.1, -0.05) is 43.2 Å². The first-order valence-corrected chi connectivity index (χ1v) is 12.6. The molecule has 188 valence electrons. The molecule has 2 N–H and O–H groups in total. The topological polar surface area (TPSA) is 96.7 Å². The van der Waals surface area contributed by atoms with E-state index in [1.165, 1.54) is 6.33 Å². The SMILES string of the molecule is CC(C)/C=C/C(=O)N1CCCC(/C=[N+]2\N=C(c3ccc(Oc4ccccc4)cc3)c3c(N)ncnc32)C1. The van der Waals surface area contributed by atoms with E-state index in [4.69, 9.17) is 15.6 Å². The lowest BCUT2D eigenvalue weighted by Gasteiger charge is -2.29. The van der Waals surface area contributed by atoms with Gasteiger partial charge in [0.1, 0.15) is 34.8 Å². The van der Waals surface area contributed by atoms with Crippen LogP contribution in [0.25, 0.3) is 0 Å². The van der Waals surface area contributed by atoms with E-state index >= 15 is 0 Å². The quantitative estimate of drug-likeness (QED) is 0.392. The molecule has 2 aromatic carbocycles. The van der Waals surface area contributed by atoms with Gasteiger partial charge in [-0.05, 0) is 66.2 Å². The Kier molecular flexibility index (Phi) is 7.07. The van der Waals surface area contributed by atoms with Crippen molar-refractivity contribution in [3.63, 3.8) is 0 Å². The molecule has 8 nitrogen and oxygen atoms in total. The number of para-hydroxylation sites is 1. The van der Waals surface area contributed by atoms with Crippen LogP contribution in [-0.4, -0.2) is 50.5 Å². The molecule has 3 heterocycles. The number of fused-ring (bicyclic) bond motifs is 1. The van der Waals surface area contributed by atoms with Crippen LogP contribution in [0.3, 0.4) is 0 Å². The summed E-state index contributed by atoms with van der Waals surface area (Å²) in [5.41, 5.74) is 8.59. The Balaban J connectivity index is 1.40. The number of amides is 1. The third-order valence-corrected chi connectivity index (χ3v) is 6.37. The van der Waals surface area contributed by atoms with Gasteiger partial charge < -0.3 is 15.4 Å². The number of nitrogen functional groups attached to an aromatic ring is 1. The Morgan fingerprint density at radius 2 is 1.86 bits per heavy atom. The molecule has 2 aliphatic heterocycles. The fourth-order valence-electron chi connectivity index (χ4n) is 4.52. The monoisotopic (exact) mass is 495 g/mol. The van der Waals surface area contributed by atoms with Crippen LogP contribution in [0.5, 0.6) is 11.5 Å². The highest BCUT2D eigenvalue weighted by Gasteiger charge is 2.34. The van der Waals surface area contributed by atoms with E-state index in [0.717, 1.165) is 36.4 Å². The van der Waals surface area contributed by atoms with Gasteiger partial charge >= 0.3 is 5.82 Å². The molecule has 5 rings (SSSR count). The van der Waals surface area contributed by atoms with Crippen molar-refractivity contribution in [3.8, 4) is 11.5 Å². The van der Waals surface area contributed by atoms with Crippen LogP contribution in [0.1, 0.15) is 37.8 Å². The van der Waals surface area contributed by atoms with Crippen molar-refractivity contribution in [2.24, 2.45) is 16.9 Å². The fourth-order valence-corrected chi connectivity index (χ4v) is 4.52. The van der Waals surface area contributed by atoms with Gasteiger partial charge in [0.15, 0.2) is 0 Å². The van der Waals surface area contributed by atoms with Crippen LogP contribution < -0.4 is 10.5 Å². The van der Waals surface area contributed by atoms with Crippen LogP contribution in [0.15, 0.2) is 78.2 Å². The molecule has 1 aromatic heterocycles. The number of ether oxygens (including phenoxy) is 1. The molecule has 8 heteroatoms. The number of hydrogen-bond donors (Lipinski definition) is 1. The predicted molar refractivity (Wildman–Crippen MR) is 144 cm³/mol. The lowest BCUT2D eigenvalue weighted by atomic mass is 9.99. The molecule has 2 aliphatic rings. The van der Waals surface area contributed by atoms with Gasteiger partial charge in [0.05, 0.1) is 0 Å². The first-order valence-electron chi connectivity index (χ1n) is 12.6. The lowest BCUT2D eigenvalue weighted by molar-refractivity contribution is -0.442. The van der Waals surface area contributed by atoms with E-state index in [-0.39, 0.29) is 11.8 Å². The number of benzene rings is 2. The Bertz CT molecular complexity index is 1360. The van der Waals surface area contributed by atoms with Gasteiger partial charge in [-0.15, -0.1) is 4.68 Å². The molecular formula is C29H31N6O2+. The second-order valence-corrected chi connectivity index (χ2v) is 9.63. The Hall–Kier alpha value is -4.33. The minimum Gasteiger partial charge on any atom is -0.457 e. The number of hydrazone groups is 1. The van der Waals surface area contributed by atoms with Crippen LogP contribution in [0, 0.1) is 11.8 Å². The summed E-state index contributed by atoms with van der Waals surface area (Å²) in [5.74, 6) is 3.08. The van der Waals surface area contributed by atoms with Crippen molar-refractivity contribution in [2.45, 2.75) is 26.7 Å². The summed E-state index contributed by atoms with van der Waals surface area (Å²) in [6, 6.07) is 17.4. The molecule has 0 radical (unpaired) electrons. The number of allylic oxidation sites excluding steroid dienone is 1. The van der Waals surface area contributed by atoms with E-state index in [1.54, 1.807) is 10.8 Å². The summed E-state index contributed by atoms with van der Waals surface area (Å²) in [5, 5.41) is 4.88. The number of rotatable bonds is 6. The second kappa shape index (κ2) is 10.7. The zero-order valence-corrected chi connectivity index (χ0v) is 21.1. The number of carbonyl (C=O) groups is 1. The second-order valence-electron chi connectivity index (χ2n) is 9.63. The number of nitrogens with two attached hydrogens (primary N) is 1. The number of anilines is 1. The molecule has 1 atom stereocenters. The van der Waals surface area contributed by atoms with Gasteiger partial charge in [-0.3, -0.25) is 4.79 Å². The van der Waals surface area contributed by atoms with E-state index in [2.05, 4.69) is 30.0 Å². The van der Waals surface area contributed by atoms with Crippen molar-refractivity contribution in [1.29, 1.82) is 0 Å². The summed E-state index contributed by atoms with van der Waals surface area (Å²) < 4.78 is 7.72. The summed E-state index contributed by atoms with van der Waals surface area (Å²) >= 11 is 0. The highest BCUT2D eigenvalue weighted by atomic mass is 16.5. The highest BCUT2D eigenvalue weighted by Crippen LogP contribution is 2.32. The average Bonchev–Trinajstić information content (AvgIpc) is 3.28. The molecule has 1 unspecified atom stereocenters. The zero-order valence-electron chi connectivity index (χ0n) is 21.1. The standard InChI is InChI=1S/C29H31N6O2/c1-20(2)10-15-25(36)34-16-6-7-21(17-34)18-35-29-26(28(30)31-19-32-29)27(33-35)22-11-13-24(14-12-22)37-23-8-4-3-5-9-23/h3-5,8-15,18-21H,6-7,16-17H2,1-2H3,(H2,30,31,32)/q+1/b15-10+,35-18-. The number of nitrogens with zero attached hydrogens (tertiary/aromatic N) is 5. The molecule has 37 heavy (non-hydrogen) atoms. The third-order valence-electron chi connectivity index (χ3n) is 6.37. The number of piperidine rings is 1. The van der Waals surface area contributed by atoms with Gasteiger partial charge in [-0.2, -0.15) is 4.98 Å². The lowest BCUT2D eigenvalue weighted by Crippen LogP contribution is -2.40. The van der Waals surface area contributed by atoms with E-state index < -0.39 is 0 Å². The molecule has 0 aliphatic carbocycles. The maximum absolute atomic E-state index is 12.6. The number of aromatic nitrogens is 2. The van der Waals surface area contributed by atoms with Gasteiger partial charge in [0.2, 0.25) is 12.2 Å². The Morgan fingerprint density at radius 3 is 2.62 bits per heavy atom. The van der Waals surface area contributed by atoms with Crippen molar-refractivity contribution < 1.29 is 14.2 Å². The highest BCUT2D eigenvalue weighted by molar-refractivity contribution is 6.18. The molecule has 0 bridgehead atoms. The summed E-state index contributed by atoms with van der Waals surface area (Å²) in [4.78, 5) is 23.3. The molecule has 0 saturated carbocycles. The number of carbonyl (C=O) groups excluding carboxylic acids is 1. The molecular weight excluding hydrogens is 464 g/mol. The number of hydrogen-bond acceptors (Lipinski definition) is 6. The van der Waals surface area contributed by atoms with Crippen LogP contribution in [0.2, 0.25) is 0 Å². The molecule has 1 saturated heterocycles. The van der Waals surface area contributed by atoms with Crippen LogP contribution in [-0.2, 0) is 4.79 Å². The Morgan fingerprint density at radius 1 is 1.11 bits per heavy atom. The largest absolute Gasteiger partial charge is 0.457 e. The van der Waals surface area contributed by atoms with Crippen LogP contribution in [0.4, 0.5) is 11.6 Å². The molecule has 1 amide bonds. The molecule has 0 spiro atoms. The predicted octanol–water partition coefficient (Wildman–Crippen LogP) is 4.78. The maximum atomic E-state index is 12.6. The van der Waals surface area contributed by atoms with Gasteiger partial charge in [0, 0.05) is 24.6 Å². The summed E-state index contributed by atoms with van der Waals surface area (Å²) in [6.45, 7) is 5.54. The molecule has 1 fully saturated rings. The first-order chi connectivity index (χ1) is 18.0. The fraction of sp³-hybridized carbons (Fsp3) is 0.276. The van der Waals surface area contributed by atoms with Gasteiger partial charge in [0.25, 0.3) is 0 Å². The maximum Gasteiger partial charge on any atom is 0.363 e. The zero-order chi connectivity index (χ0) is 25.8. The summed E-state index contributed by atoms with van der Waals surface area (Å²) in [6.07, 6.45) is 9.05. The molecule has 3 aromatic rings. The smallest absolute Gasteiger partial charge is 0.363 e. The Labute approximate surface area is 216 Å². The first kappa shape index (κ1) is 24.4. The normalized spacial score (nSPS) is 18.4. The van der Waals surface area contributed by atoms with Crippen molar-refractivity contribution in [1.82, 2.24) is 14.9 Å². The van der Waals surface area contributed by atoms with Gasteiger partial charge in [-0.25, -0.2) is 0 Å². The average molecular weight is 496 g/mol. The van der Waals surface area contributed by atoms with Crippen LogP contribution >= 0.6 is 0 Å². The third kappa shape index (κ3) is 5.58. The van der Waals surface area contributed by atoms with Crippen molar-refractivity contribution >= 4 is 29.5 Å². The van der Waals surface area contributed by atoms with E-state index in [1.807, 2.05) is 65.6 Å². The van der Waals surface area contributed by atoms with Crippen molar-refractivity contribution in [2.75, 3.05) is 18.8 Å². The van der Waals surface area contributed by atoms with E-state index in [0.29, 0.717) is 35.4 Å². The van der Waals surface area contributed by atoms with Crippen molar-refractivity contribution in [3.05, 3.63) is 84.2 Å². The summed E-state index contributed by atoms with van der Waals surface area (Å²) in [7, 11) is 0. The van der Waals surface area contributed by atoms with E-state index in [9.17, 15) is 4.79 Å². The number of likely N-dealkylation sites (tertiary alicyclic amines) is 1. The minimum atomic E-state index is 0.0576.